The number of thiophene rings is 1. The number of carbonyl (C=O) groups is 3. The number of esters is 1. The van der Waals surface area contributed by atoms with Crippen molar-refractivity contribution in [3.8, 4) is 0 Å². The molecular weight excluding hydrogens is 388 g/mol. The molecule has 2 amide bonds. The van der Waals surface area contributed by atoms with Crippen molar-refractivity contribution in [2.45, 2.75) is 39.0 Å². The lowest BCUT2D eigenvalue weighted by Gasteiger charge is -2.16. The van der Waals surface area contributed by atoms with Gasteiger partial charge < -0.3 is 15.0 Å². The van der Waals surface area contributed by atoms with E-state index in [0.717, 1.165) is 37.9 Å². The molecule has 0 unspecified atom stereocenters. The highest BCUT2D eigenvalue weighted by Crippen LogP contribution is 2.32. The maximum atomic E-state index is 12.3. The molecule has 152 valence electrons. The van der Waals surface area contributed by atoms with E-state index in [4.69, 9.17) is 4.74 Å². The Morgan fingerprint density at radius 1 is 1.24 bits per heavy atom. The maximum Gasteiger partial charge on any atom is 0.348 e. The van der Waals surface area contributed by atoms with Gasteiger partial charge in [-0.15, -0.1) is 11.3 Å². The van der Waals surface area contributed by atoms with Gasteiger partial charge in [0, 0.05) is 29.2 Å². The van der Waals surface area contributed by atoms with Gasteiger partial charge in [0.2, 0.25) is 5.91 Å². The van der Waals surface area contributed by atoms with Crippen molar-refractivity contribution in [2.75, 3.05) is 23.4 Å². The Kier molecular flexibility index (Phi) is 5.67. The van der Waals surface area contributed by atoms with Crippen LogP contribution in [-0.4, -0.2) is 30.9 Å². The fraction of sp³-hybridized carbons (Fsp3) is 0.409. The molecule has 1 atom stereocenters. The number of ether oxygens (including phenoxy) is 1. The van der Waals surface area contributed by atoms with Crippen LogP contribution in [0.2, 0.25) is 0 Å². The van der Waals surface area contributed by atoms with Crippen LogP contribution in [0.3, 0.4) is 0 Å². The van der Waals surface area contributed by atoms with Crippen molar-refractivity contribution < 1.29 is 19.1 Å². The average Bonchev–Trinajstić information content (AvgIpc) is 3.32. The third-order valence-corrected chi connectivity index (χ3v) is 6.62. The summed E-state index contributed by atoms with van der Waals surface area (Å²) in [6.45, 7) is 2.62. The first kappa shape index (κ1) is 19.6. The molecule has 29 heavy (non-hydrogen) atoms. The first-order valence-corrected chi connectivity index (χ1v) is 10.8. The van der Waals surface area contributed by atoms with Gasteiger partial charge in [0.15, 0.2) is 6.61 Å². The molecule has 2 heterocycles. The van der Waals surface area contributed by atoms with Gasteiger partial charge in [-0.05, 0) is 67.5 Å². The molecule has 1 aliphatic heterocycles. The summed E-state index contributed by atoms with van der Waals surface area (Å²) in [5, 5.41) is 2.72. The Labute approximate surface area is 173 Å². The van der Waals surface area contributed by atoms with Gasteiger partial charge in [-0.2, -0.15) is 0 Å². The van der Waals surface area contributed by atoms with Gasteiger partial charge in [-0.25, -0.2) is 4.79 Å². The zero-order valence-electron chi connectivity index (χ0n) is 16.4. The Morgan fingerprint density at radius 3 is 2.76 bits per heavy atom. The zero-order valence-corrected chi connectivity index (χ0v) is 17.2. The molecule has 1 N–H and O–H groups in total. The van der Waals surface area contributed by atoms with Crippen LogP contribution in [0.25, 0.3) is 0 Å². The first-order chi connectivity index (χ1) is 14.0. The number of hydrogen-bond donors (Lipinski definition) is 1. The SMILES string of the molecule is C[C@@H]1CCc2sc(C(=O)OCC(=O)Nc3ccc(N4CCCC4=O)cc3)cc2C1. The van der Waals surface area contributed by atoms with Crippen LogP contribution in [0.15, 0.2) is 30.3 Å². The highest BCUT2D eigenvalue weighted by molar-refractivity contribution is 7.14. The Hall–Kier alpha value is -2.67. The fourth-order valence-corrected chi connectivity index (χ4v) is 4.95. The van der Waals surface area contributed by atoms with Gasteiger partial charge in [0.1, 0.15) is 4.88 Å². The fourth-order valence-electron chi connectivity index (χ4n) is 3.85. The Balaban J connectivity index is 1.29. The van der Waals surface area contributed by atoms with Crippen LogP contribution in [0.1, 0.15) is 46.3 Å². The summed E-state index contributed by atoms with van der Waals surface area (Å²) in [4.78, 5) is 39.8. The molecule has 1 saturated heterocycles. The molecule has 0 radical (unpaired) electrons. The number of carbonyl (C=O) groups excluding carboxylic acids is 3. The van der Waals surface area contributed by atoms with E-state index in [1.165, 1.54) is 21.8 Å². The van der Waals surface area contributed by atoms with Gasteiger partial charge in [-0.3, -0.25) is 9.59 Å². The largest absolute Gasteiger partial charge is 0.451 e. The number of amides is 2. The minimum Gasteiger partial charge on any atom is -0.451 e. The van der Waals surface area contributed by atoms with Crippen LogP contribution < -0.4 is 10.2 Å². The quantitative estimate of drug-likeness (QED) is 0.758. The summed E-state index contributed by atoms with van der Waals surface area (Å²) >= 11 is 1.48. The second kappa shape index (κ2) is 8.37. The van der Waals surface area contributed by atoms with Crippen molar-refractivity contribution >= 4 is 40.5 Å². The molecule has 0 bridgehead atoms. The van der Waals surface area contributed by atoms with Gasteiger partial charge in [-0.1, -0.05) is 6.92 Å². The molecule has 1 aromatic carbocycles. The zero-order chi connectivity index (χ0) is 20.4. The van der Waals surface area contributed by atoms with Crippen molar-refractivity contribution in [2.24, 2.45) is 5.92 Å². The van der Waals surface area contributed by atoms with E-state index in [0.29, 0.717) is 22.9 Å². The molecule has 7 heteroatoms. The predicted molar refractivity (Wildman–Crippen MR) is 112 cm³/mol. The van der Waals surface area contributed by atoms with E-state index >= 15 is 0 Å². The summed E-state index contributed by atoms with van der Waals surface area (Å²) in [5.41, 5.74) is 2.66. The van der Waals surface area contributed by atoms with Crippen molar-refractivity contribution in [1.82, 2.24) is 0 Å². The highest BCUT2D eigenvalue weighted by Gasteiger charge is 2.23. The maximum absolute atomic E-state index is 12.3. The third kappa shape index (κ3) is 4.50. The molecule has 0 spiro atoms. The average molecular weight is 413 g/mol. The normalized spacial score (nSPS) is 18.4. The van der Waals surface area contributed by atoms with E-state index in [2.05, 4.69) is 12.2 Å². The number of benzene rings is 1. The number of nitrogens with one attached hydrogen (secondary N) is 1. The monoisotopic (exact) mass is 412 g/mol. The van der Waals surface area contributed by atoms with E-state index in [9.17, 15) is 14.4 Å². The number of anilines is 2. The van der Waals surface area contributed by atoms with Crippen LogP contribution in [-0.2, 0) is 27.2 Å². The van der Waals surface area contributed by atoms with Crippen molar-refractivity contribution in [1.29, 1.82) is 0 Å². The molecule has 1 aromatic heterocycles. The molecule has 2 aromatic rings. The number of fused-ring (bicyclic) bond motifs is 1. The van der Waals surface area contributed by atoms with Crippen LogP contribution in [0.4, 0.5) is 11.4 Å². The third-order valence-electron chi connectivity index (χ3n) is 5.40. The summed E-state index contributed by atoms with van der Waals surface area (Å²) in [7, 11) is 0. The minimum absolute atomic E-state index is 0.124. The lowest BCUT2D eigenvalue weighted by Crippen LogP contribution is -2.23. The first-order valence-electron chi connectivity index (χ1n) is 9.98. The molecular formula is C22H24N2O4S. The molecule has 6 nitrogen and oxygen atoms in total. The summed E-state index contributed by atoms with van der Waals surface area (Å²) in [6.07, 6.45) is 4.60. The van der Waals surface area contributed by atoms with Crippen LogP contribution in [0, 0.1) is 5.92 Å². The van der Waals surface area contributed by atoms with E-state index in [1.54, 1.807) is 17.0 Å². The van der Waals surface area contributed by atoms with Crippen LogP contribution >= 0.6 is 11.3 Å². The summed E-state index contributed by atoms with van der Waals surface area (Å²) in [6, 6.07) is 9.02. The standard InChI is InChI=1S/C22H24N2O4S/c1-14-4-9-18-15(11-14)12-19(29-18)22(27)28-13-20(25)23-16-5-7-17(8-6-16)24-10-2-3-21(24)26/h5-8,12,14H,2-4,9-11,13H2,1H3,(H,23,25)/t14-/m1/s1. The van der Waals surface area contributed by atoms with Crippen molar-refractivity contribution in [3.05, 3.63) is 45.6 Å². The minimum atomic E-state index is -0.449. The molecule has 0 saturated carbocycles. The van der Waals surface area contributed by atoms with Gasteiger partial charge in [0.05, 0.1) is 0 Å². The van der Waals surface area contributed by atoms with Crippen molar-refractivity contribution in [3.63, 3.8) is 0 Å². The van der Waals surface area contributed by atoms with E-state index < -0.39 is 11.9 Å². The second-order valence-corrected chi connectivity index (χ2v) is 8.86. The lowest BCUT2D eigenvalue weighted by molar-refractivity contribution is -0.119. The Bertz CT molecular complexity index is 935. The van der Waals surface area contributed by atoms with Gasteiger partial charge >= 0.3 is 5.97 Å². The number of rotatable bonds is 5. The topological polar surface area (TPSA) is 75.7 Å². The van der Waals surface area contributed by atoms with Crippen LogP contribution in [0.5, 0.6) is 0 Å². The summed E-state index contributed by atoms with van der Waals surface area (Å²) in [5.74, 6) is -0.0754. The molecule has 2 aliphatic rings. The number of hydrogen-bond acceptors (Lipinski definition) is 5. The number of nitrogens with zero attached hydrogens (tertiary/aromatic N) is 1. The predicted octanol–water partition coefficient (Wildman–Crippen LogP) is 3.80. The van der Waals surface area contributed by atoms with E-state index in [-0.39, 0.29) is 12.5 Å². The van der Waals surface area contributed by atoms with Gasteiger partial charge in [0.25, 0.3) is 5.91 Å². The van der Waals surface area contributed by atoms with E-state index in [1.807, 2.05) is 18.2 Å². The molecule has 1 fully saturated rings. The highest BCUT2D eigenvalue weighted by atomic mass is 32.1. The smallest absolute Gasteiger partial charge is 0.348 e. The molecule has 4 rings (SSSR count). The second-order valence-electron chi connectivity index (χ2n) is 7.73. The Morgan fingerprint density at radius 2 is 2.03 bits per heavy atom. The summed E-state index contributed by atoms with van der Waals surface area (Å²) < 4.78 is 5.19. The molecule has 1 aliphatic carbocycles. The number of aryl methyl sites for hydroxylation is 1. The lowest BCUT2D eigenvalue weighted by atomic mass is 9.90.